The van der Waals surface area contributed by atoms with E-state index in [0.29, 0.717) is 5.92 Å². The molecule has 3 aromatic heterocycles. The maximum Gasteiger partial charge on any atom is 0.143 e. The predicted octanol–water partition coefficient (Wildman–Crippen LogP) is 4.29. The van der Waals surface area contributed by atoms with Gasteiger partial charge in [-0.2, -0.15) is 0 Å². The van der Waals surface area contributed by atoms with Crippen LogP contribution in [-0.2, 0) is 13.0 Å². The van der Waals surface area contributed by atoms with Gasteiger partial charge >= 0.3 is 0 Å². The van der Waals surface area contributed by atoms with Crippen LogP contribution in [0.1, 0.15) is 29.1 Å². The van der Waals surface area contributed by atoms with E-state index < -0.39 is 0 Å². The number of fused-ring (bicyclic) bond motifs is 1. The van der Waals surface area contributed by atoms with Crippen molar-refractivity contribution in [3.05, 3.63) is 65.6 Å². The van der Waals surface area contributed by atoms with Gasteiger partial charge in [0, 0.05) is 30.5 Å². The Hall–Kier alpha value is -2.99. The van der Waals surface area contributed by atoms with E-state index in [9.17, 15) is 0 Å². The smallest absolute Gasteiger partial charge is 0.143 e. The van der Waals surface area contributed by atoms with Gasteiger partial charge in [0.15, 0.2) is 0 Å². The van der Waals surface area contributed by atoms with Gasteiger partial charge < -0.3 is 9.51 Å². The number of rotatable bonds is 5. The van der Waals surface area contributed by atoms with Crippen LogP contribution in [0.3, 0.4) is 0 Å². The molecule has 1 aliphatic heterocycles. The minimum atomic E-state index is 0.622. The lowest BCUT2D eigenvalue weighted by Gasteiger charge is -2.16. The van der Waals surface area contributed by atoms with E-state index >= 15 is 0 Å². The maximum absolute atomic E-state index is 5.30. The molecule has 0 radical (unpaired) electrons. The fraction of sp³-hybridized carbons (Fsp3) is 0.348. The van der Waals surface area contributed by atoms with E-state index in [1.54, 1.807) is 6.33 Å². The number of hydrogen-bond donors (Lipinski definition) is 1. The molecule has 1 atom stereocenters. The van der Waals surface area contributed by atoms with E-state index in [0.717, 1.165) is 54.5 Å². The Balaban J connectivity index is 1.25. The summed E-state index contributed by atoms with van der Waals surface area (Å²) < 4.78 is 5.30. The van der Waals surface area contributed by atoms with Crippen LogP contribution in [-0.4, -0.2) is 38.1 Å². The Morgan fingerprint density at radius 2 is 2.10 bits per heavy atom. The lowest BCUT2D eigenvalue weighted by atomic mass is 10.0. The molecule has 1 aromatic carbocycles. The fourth-order valence-electron chi connectivity index (χ4n) is 4.47. The summed E-state index contributed by atoms with van der Waals surface area (Å²) in [5.74, 6) is 1.43. The molecule has 0 unspecified atom stereocenters. The molecule has 6 nitrogen and oxygen atoms in total. The molecule has 0 bridgehead atoms. The standard InChI is InChI=1S/C23H25N5O/c1-15-23(16(2)29-27-15)22-11-20(25-14-26-22)9-18-6-8-28(13-18)12-17-3-4-19-5-7-24-21(19)10-17/h3-5,7,10-11,14,18,24H,6,8-9,12-13H2,1-2H3/t18-/m0/s1. The van der Waals surface area contributed by atoms with Crippen molar-refractivity contribution in [1.29, 1.82) is 0 Å². The summed E-state index contributed by atoms with van der Waals surface area (Å²) in [6, 6.07) is 10.9. The molecule has 29 heavy (non-hydrogen) atoms. The summed E-state index contributed by atoms with van der Waals surface area (Å²) in [7, 11) is 0. The lowest BCUT2D eigenvalue weighted by molar-refractivity contribution is 0.316. The monoisotopic (exact) mass is 387 g/mol. The minimum Gasteiger partial charge on any atom is -0.361 e. The molecule has 0 aliphatic carbocycles. The largest absolute Gasteiger partial charge is 0.361 e. The first-order chi connectivity index (χ1) is 14.2. The molecule has 0 saturated carbocycles. The van der Waals surface area contributed by atoms with E-state index in [2.05, 4.69) is 55.3 Å². The van der Waals surface area contributed by atoms with E-state index in [-0.39, 0.29) is 0 Å². The molecule has 4 aromatic rings. The normalized spacial score (nSPS) is 17.4. The van der Waals surface area contributed by atoms with Crippen molar-refractivity contribution in [2.45, 2.75) is 33.2 Å². The van der Waals surface area contributed by atoms with Crippen molar-refractivity contribution < 1.29 is 4.52 Å². The molecule has 5 rings (SSSR count). The molecular formula is C23H25N5O. The number of aromatic amines is 1. The number of benzene rings is 1. The zero-order chi connectivity index (χ0) is 19.8. The van der Waals surface area contributed by atoms with Crippen LogP contribution in [0.25, 0.3) is 22.2 Å². The Labute approximate surface area is 170 Å². The summed E-state index contributed by atoms with van der Waals surface area (Å²) in [5.41, 5.74) is 6.43. The summed E-state index contributed by atoms with van der Waals surface area (Å²) in [6.45, 7) is 7.12. The van der Waals surface area contributed by atoms with Crippen molar-refractivity contribution in [2.75, 3.05) is 13.1 Å². The van der Waals surface area contributed by atoms with Crippen LogP contribution >= 0.6 is 0 Å². The average Bonchev–Trinajstić information content (AvgIpc) is 3.43. The second kappa shape index (κ2) is 7.44. The number of H-pyrrole nitrogens is 1. The van der Waals surface area contributed by atoms with E-state index in [1.165, 1.54) is 22.9 Å². The van der Waals surface area contributed by atoms with Crippen LogP contribution in [0.15, 0.2) is 47.4 Å². The highest BCUT2D eigenvalue weighted by atomic mass is 16.5. The molecule has 6 heteroatoms. The van der Waals surface area contributed by atoms with Gasteiger partial charge in [-0.15, -0.1) is 0 Å². The van der Waals surface area contributed by atoms with Crippen LogP contribution in [0, 0.1) is 19.8 Å². The molecule has 0 amide bonds. The average molecular weight is 387 g/mol. The van der Waals surface area contributed by atoms with Crippen LogP contribution in [0.5, 0.6) is 0 Å². The van der Waals surface area contributed by atoms with E-state index in [4.69, 9.17) is 4.52 Å². The Bertz CT molecular complexity index is 1130. The number of aryl methyl sites for hydroxylation is 2. The Kier molecular flexibility index (Phi) is 4.64. The van der Waals surface area contributed by atoms with Crippen molar-refractivity contribution in [3.8, 4) is 11.3 Å². The van der Waals surface area contributed by atoms with Gasteiger partial charge in [-0.3, -0.25) is 4.90 Å². The highest BCUT2D eigenvalue weighted by Crippen LogP contribution is 2.27. The quantitative estimate of drug-likeness (QED) is 0.553. The number of aromatic nitrogens is 4. The Morgan fingerprint density at radius 1 is 1.17 bits per heavy atom. The van der Waals surface area contributed by atoms with Crippen LogP contribution in [0.2, 0.25) is 0 Å². The third-order valence-electron chi connectivity index (χ3n) is 5.91. The lowest BCUT2D eigenvalue weighted by Crippen LogP contribution is -2.20. The van der Waals surface area contributed by atoms with Gasteiger partial charge in [-0.1, -0.05) is 17.3 Å². The maximum atomic E-state index is 5.30. The summed E-state index contributed by atoms with van der Waals surface area (Å²) >= 11 is 0. The predicted molar refractivity (Wildman–Crippen MR) is 112 cm³/mol. The number of nitrogens with zero attached hydrogens (tertiary/aromatic N) is 4. The molecule has 148 valence electrons. The Morgan fingerprint density at radius 3 is 2.97 bits per heavy atom. The molecule has 1 fully saturated rings. The number of hydrogen-bond acceptors (Lipinski definition) is 5. The second-order valence-corrected chi connectivity index (χ2v) is 8.09. The highest BCUT2D eigenvalue weighted by molar-refractivity contribution is 5.79. The fourth-order valence-corrected chi connectivity index (χ4v) is 4.47. The van der Waals surface area contributed by atoms with Gasteiger partial charge in [0.2, 0.25) is 0 Å². The molecule has 4 heterocycles. The third-order valence-corrected chi connectivity index (χ3v) is 5.91. The molecule has 1 saturated heterocycles. The number of likely N-dealkylation sites (tertiary alicyclic amines) is 1. The van der Waals surface area contributed by atoms with Gasteiger partial charge in [0.25, 0.3) is 0 Å². The second-order valence-electron chi connectivity index (χ2n) is 8.09. The first-order valence-electron chi connectivity index (χ1n) is 10.2. The zero-order valence-corrected chi connectivity index (χ0v) is 16.9. The van der Waals surface area contributed by atoms with Crippen molar-refractivity contribution in [1.82, 2.24) is 25.0 Å². The van der Waals surface area contributed by atoms with E-state index in [1.807, 2.05) is 20.0 Å². The zero-order valence-electron chi connectivity index (χ0n) is 16.9. The number of nitrogens with one attached hydrogen (secondary N) is 1. The first kappa shape index (κ1) is 18.1. The highest BCUT2D eigenvalue weighted by Gasteiger charge is 2.24. The van der Waals surface area contributed by atoms with Gasteiger partial charge in [-0.05, 0) is 68.3 Å². The summed E-state index contributed by atoms with van der Waals surface area (Å²) in [5, 5.41) is 5.32. The topological polar surface area (TPSA) is 70.8 Å². The van der Waals surface area contributed by atoms with Crippen LogP contribution < -0.4 is 0 Å². The first-order valence-corrected chi connectivity index (χ1v) is 10.2. The molecule has 0 spiro atoms. The minimum absolute atomic E-state index is 0.622. The summed E-state index contributed by atoms with van der Waals surface area (Å²) in [6.07, 6.45) is 5.84. The molecule has 1 aliphatic rings. The van der Waals surface area contributed by atoms with Gasteiger partial charge in [0.05, 0.1) is 17.0 Å². The SMILES string of the molecule is Cc1noc(C)c1-c1cc(C[C@@H]2CCN(Cc3ccc4cc[nH]c4c3)C2)ncn1. The van der Waals surface area contributed by atoms with Crippen LogP contribution in [0.4, 0.5) is 0 Å². The van der Waals surface area contributed by atoms with Gasteiger partial charge in [-0.25, -0.2) is 9.97 Å². The van der Waals surface area contributed by atoms with Crippen molar-refractivity contribution >= 4 is 10.9 Å². The third kappa shape index (κ3) is 3.68. The van der Waals surface area contributed by atoms with Crippen molar-refractivity contribution in [3.63, 3.8) is 0 Å². The van der Waals surface area contributed by atoms with Crippen molar-refractivity contribution in [2.24, 2.45) is 5.92 Å². The molecule has 1 N–H and O–H groups in total. The van der Waals surface area contributed by atoms with Gasteiger partial charge in [0.1, 0.15) is 12.1 Å². The summed E-state index contributed by atoms with van der Waals surface area (Å²) in [4.78, 5) is 14.8. The molecular weight excluding hydrogens is 362 g/mol.